The lowest BCUT2D eigenvalue weighted by Gasteiger charge is -2.28. The number of carbonyl (C=O) groups is 1. The summed E-state index contributed by atoms with van der Waals surface area (Å²) >= 11 is 0. The Morgan fingerprint density at radius 3 is 2.00 bits per heavy atom. The molecule has 0 amide bonds. The maximum absolute atomic E-state index is 12.0. The number of carbonyl (C=O) groups excluding carboxylic acids is 1. The molecule has 0 radical (unpaired) electrons. The van der Waals surface area contributed by atoms with Crippen LogP contribution in [0.4, 0.5) is 0 Å². The van der Waals surface area contributed by atoms with Crippen molar-refractivity contribution in [3.8, 4) is 0 Å². The smallest absolute Gasteiger partial charge is 0.305 e. The van der Waals surface area contributed by atoms with Crippen LogP contribution in [0.15, 0.2) is 48.6 Å². The Morgan fingerprint density at radius 1 is 0.816 bits per heavy atom. The highest BCUT2D eigenvalue weighted by atomic mass is 31.2. The van der Waals surface area contributed by atoms with Crippen LogP contribution in [0.1, 0.15) is 71.6 Å². The third-order valence-corrected chi connectivity index (χ3v) is 6.16. The van der Waals surface area contributed by atoms with Gasteiger partial charge in [0.05, 0.1) is 34.4 Å². The summed E-state index contributed by atoms with van der Waals surface area (Å²) in [6, 6.07) is 0. The number of quaternary nitrogens is 1. The van der Waals surface area contributed by atoms with Gasteiger partial charge in [-0.05, 0) is 44.9 Å². The molecule has 38 heavy (non-hydrogen) atoms. The normalized spacial score (nSPS) is 15.2. The van der Waals surface area contributed by atoms with Gasteiger partial charge in [0.1, 0.15) is 19.3 Å². The van der Waals surface area contributed by atoms with Gasteiger partial charge in [-0.25, -0.2) is 0 Å². The average molecular weight is 558 g/mol. The monoisotopic (exact) mass is 557 g/mol. The maximum atomic E-state index is 12.0. The number of hydrogen-bond donors (Lipinski definition) is 0. The van der Waals surface area contributed by atoms with Crippen molar-refractivity contribution in [3.05, 3.63) is 48.6 Å². The largest absolute Gasteiger partial charge is 0.756 e. The Hall–Kier alpha value is -1.54. The number of ether oxygens (including phenoxy) is 2. The molecule has 0 aromatic heterocycles. The number of nitrogens with zero attached hydrogens (tertiary/aromatic N) is 1. The van der Waals surface area contributed by atoms with E-state index in [0.717, 1.165) is 51.4 Å². The summed E-state index contributed by atoms with van der Waals surface area (Å²) in [5, 5.41) is 0. The van der Waals surface area contributed by atoms with Gasteiger partial charge in [-0.3, -0.25) is 9.36 Å². The molecule has 2 atom stereocenters. The molecule has 0 rings (SSSR count). The van der Waals surface area contributed by atoms with Gasteiger partial charge in [-0.1, -0.05) is 68.9 Å². The number of phosphoric acid groups is 1. The van der Waals surface area contributed by atoms with Crippen molar-refractivity contribution in [1.29, 1.82) is 0 Å². The number of allylic oxidation sites excluding steroid dienone is 8. The third-order valence-electron chi connectivity index (χ3n) is 5.20. The molecule has 0 saturated heterocycles. The average Bonchev–Trinajstić information content (AvgIpc) is 2.85. The maximum Gasteiger partial charge on any atom is 0.305 e. The van der Waals surface area contributed by atoms with Crippen molar-refractivity contribution in [1.82, 2.24) is 0 Å². The van der Waals surface area contributed by atoms with Gasteiger partial charge in [0.2, 0.25) is 0 Å². The second-order valence-electron chi connectivity index (χ2n) is 9.98. The summed E-state index contributed by atoms with van der Waals surface area (Å²) in [5.74, 6) is -0.438. The fourth-order valence-electron chi connectivity index (χ4n) is 2.98. The van der Waals surface area contributed by atoms with Gasteiger partial charge in [0.15, 0.2) is 0 Å². The van der Waals surface area contributed by atoms with E-state index in [4.69, 9.17) is 18.5 Å². The number of hydrogen-bond acceptors (Lipinski definition) is 7. The topological polar surface area (TPSA) is 94.1 Å². The highest BCUT2D eigenvalue weighted by Crippen LogP contribution is 2.38. The number of rotatable bonds is 24. The molecule has 0 aliphatic rings. The molecule has 0 spiro atoms. The zero-order valence-corrected chi connectivity index (χ0v) is 25.2. The van der Waals surface area contributed by atoms with Gasteiger partial charge in [-0.2, -0.15) is 0 Å². The minimum atomic E-state index is -4.49. The summed E-state index contributed by atoms with van der Waals surface area (Å²) < 4.78 is 33.3. The Balaban J connectivity index is 4.03. The summed E-state index contributed by atoms with van der Waals surface area (Å²) in [6.07, 6.45) is 24.9. The molecular weight excluding hydrogens is 505 g/mol. The Labute approximate surface area is 231 Å². The van der Waals surface area contributed by atoms with E-state index in [1.54, 1.807) is 6.92 Å². The van der Waals surface area contributed by atoms with Crippen LogP contribution in [0.5, 0.6) is 0 Å². The second-order valence-corrected chi connectivity index (χ2v) is 11.4. The fraction of sp³-hybridized carbons (Fsp3) is 0.690. The number of unbranched alkanes of at least 4 members (excludes halogenated alkanes) is 3. The molecule has 0 aromatic carbocycles. The molecule has 8 nitrogen and oxygen atoms in total. The Bertz CT molecular complexity index is 757. The predicted octanol–water partition coefficient (Wildman–Crippen LogP) is 5.90. The van der Waals surface area contributed by atoms with Gasteiger partial charge in [0.25, 0.3) is 7.82 Å². The quantitative estimate of drug-likeness (QED) is 0.0480. The Morgan fingerprint density at radius 2 is 1.42 bits per heavy atom. The van der Waals surface area contributed by atoms with Gasteiger partial charge >= 0.3 is 5.97 Å². The van der Waals surface area contributed by atoms with E-state index in [-0.39, 0.29) is 26.2 Å². The molecule has 0 heterocycles. The first-order chi connectivity index (χ1) is 18.1. The molecule has 220 valence electrons. The van der Waals surface area contributed by atoms with Crippen LogP contribution >= 0.6 is 7.82 Å². The fourth-order valence-corrected chi connectivity index (χ4v) is 3.71. The molecular formula is C29H52NO7P. The SMILES string of the molecule is CC/C=C\C/C=C\C/C=C\C/C=C\CCCCCOCC(COP(=O)([O-])OCC[N+](C)(C)C)OC(=O)CC. The van der Waals surface area contributed by atoms with Crippen LogP contribution in [0.3, 0.4) is 0 Å². The summed E-state index contributed by atoms with van der Waals surface area (Å²) in [4.78, 5) is 23.7. The van der Waals surface area contributed by atoms with E-state index in [0.29, 0.717) is 17.6 Å². The van der Waals surface area contributed by atoms with Gasteiger partial charge < -0.3 is 27.9 Å². The van der Waals surface area contributed by atoms with E-state index in [2.05, 4.69) is 55.5 Å². The number of likely N-dealkylation sites (N-methyl/N-ethyl adjacent to an activating group) is 1. The molecule has 9 heteroatoms. The lowest BCUT2D eigenvalue weighted by Crippen LogP contribution is -2.37. The van der Waals surface area contributed by atoms with Gasteiger partial charge in [-0.15, -0.1) is 0 Å². The standard InChI is InChI=1S/C29H52NO7P/c1-6-8-9-10-11-12-13-14-15-16-17-18-19-20-21-22-24-34-26-28(37-29(31)7-2)27-36-38(32,33)35-25-23-30(3,4)5/h8-9,11-12,14-15,17-18,28H,6-7,10,13,16,19-27H2,1-5H3/b9-8-,12-11-,15-14-,18-17-. The lowest BCUT2D eigenvalue weighted by molar-refractivity contribution is -0.870. The van der Waals surface area contributed by atoms with Crippen molar-refractivity contribution in [2.75, 3.05) is 54.1 Å². The highest BCUT2D eigenvalue weighted by molar-refractivity contribution is 7.45. The van der Waals surface area contributed by atoms with Crippen molar-refractivity contribution in [3.63, 3.8) is 0 Å². The molecule has 0 saturated carbocycles. The van der Waals surface area contributed by atoms with Crippen molar-refractivity contribution in [2.24, 2.45) is 0 Å². The summed E-state index contributed by atoms with van der Waals surface area (Å²) in [5.41, 5.74) is 0. The predicted molar refractivity (Wildman–Crippen MR) is 153 cm³/mol. The molecule has 0 N–H and O–H groups in total. The second kappa shape index (κ2) is 23.4. The lowest BCUT2D eigenvalue weighted by atomic mass is 10.2. The first kappa shape index (κ1) is 36.5. The first-order valence-electron chi connectivity index (χ1n) is 13.9. The van der Waals surface area contributed by atoms with Crippen LogP contribution < -0.4 is 4.89 Å². The van der Waals surface area contributed by atoms with E-state index >= 15 is 0 Å². The molecule has 0 fully saturated rings. The summed E-state index contributed by atoms with van der Waals surface area (Å²) in [6.45, 7) is 4.58. The minimum Gasteiger partial charge on any atom is -0.756 e. The minimum absolute atomic E-state index is 0.0150. The van der Waals surface area contributed by atoms with Crippen LogP contribution in [-0.2, 0) is 27.9 Å². The zero-order chi connectivity index (χ0) is 28.5. The van der Waals surface area contributed by atoms with Gasteiger partial charge in [0, 0.05) is 13.0 Å². The number of phosphoric ester groups is 1. The third kappa shape index (κ3) is 26.1. The molecule has 2 unspecified atom stereocenters. The molecule has 0 aromatic rings. The van der Waals surface area contributed by atoms with Crippen LogP contribution in [0.2, 0.25) is 0 Å². The number of esters is 1. The molecule has 0 bridgehead atoms. The van der Waals surface area contributed by atoms with Crippen molar-refractivity contribution >= 4 is 13.8 Å². The molecule has 0 aliphatic carbocycles. The Kier molecular flexibility index (Phi) is 22.4. The van der Waals surface area contributed by atoms with E-state index in [1.165, 1.54) is 0 Å². The van der Waals surface area contributed by atoms with E-state index in [1.807, 2.05) is 21.1 Å². The van der Waals surface area contributed by atoms with Crippen LogP contribution in [0.25, 0.3) is 0 Å². The van der Waals surface area contributed by atoms with Crippen molar-refractivity contribution in [2.45, 2.75) is 77.7 Å². The van der Waals surface area contributed by atoms with Crippen molar-refractivity contribution < 1.29 is 37.3 Å². The zero-order valence-electron chi connectivity index (χ0n) is 24.3. The van der Waals surface area contributed by atoms with Crippen LogP contribution in [0, 0.1) is 0 Å². The summed E-state index contributed by atoms with van der Waals surface area (Å²) in [7, 11) is 1.31. The highest BCUT2D eigenvalue weighted by Gasteiger charge is 2.19. The van der Waals surface area contributed by atoms with E-state index in [9.17, 15) is 14.3 Å². The first-order valence-corrected chi connectivity index (χ1v) is 15.3. The van der Waals surface area contributed by atoms with E-state index < -0.39 is 19.9 Å². The van der Waals surface area contributed by atoms with Crippen LogP contribution in [-0.4, -0.2) is 70.7 Å². The molecule has 0 aliphatic heterocycles.